The van der Waals surface area contributed by atoms with Gasteiger partial charge in [-0.1, -0.05) is 18.2 Å². The van der Waals surface area contributed by atoms with Crippen LogP contribution in [0.25, 0.3) is 0 Å². The van der Waals surface area contributed by atoms with Gasteiger partial charge in [-0.2, -0.15) is 0 Å². The highest BCUT2D eigenvalue weighted by Crippen LogP contribution is 2.25. The van der Waals surface area contributed by atoms with Gasteiger partial charge in [0.25, 0.3) is 11.6 Å². The van der Waals surface area contributed by atoms with Crippen LogP contribution >= 0.6 is 0 Å². The maximum absolute atomic E-state index is 12.1. The lowest BCUT2D eigenvalue weighted by Gasteiger charge is -2.13. The molecule has 0 aliphatic rings. The summed E-state index contributed by atoms with van der Waals surface area (Å²) in [7, 11) is 1.54. The van der Waals surface area contributed by atoms with Gasteiger partial charge in [-0.3, -0.25) is 14.9 Å². The van der Waals surface area contributed by atoms with E-state index in [2.05, 4.69) is 10.6 Å². The molecule has 25 heavy (non-hydrogen) atoms. The van der Waals surface area contributed by atoms with E-state index in [9.17, 15) is 19.7 Å². The number of para-hydroxylation sites is 1. The molecule has 1 atom stereocenters. The molecular formula is C17H17N3O5. The van der Waals surface area contributed by atoms with Gasteiger partial charge in [0.1, 0.15) is 5.69 Å². The summed E-state index contributed by atoms with van der Waals surface area (Å²) in [6, 6.07) is 12.6. The molecule has 2 aromatic rings. The van der Waals surface area contributed by atoms with E-state index in [1.807, 2.05) is 0 Å². The van der Waals surface area contributed by atoms with E-state index in [-0.39, 0.29) is 16.9 Å². The number of esters is 1. The van der Waals surface area contributed by atoms with Gasteiger partial charge in [0.05, 0.1) is 10.5 Å². The smallest absolute Gasteiger partial charge is 0.339 e. The fraction of sp³-hybridized carbons (Fsp3) is 0.176. The van der Waals surface area contributed by atoms with Crippen LogP contribution < -0.4 is 10.6 Å². The van der Waals surface area contributed by atoms with Gasteiger partial charge in [-0.05, 0) is 31.2 Å². The number of benzene rings is 2. The van der Waals surface area contributed by atoms with Crippen LogP contribution in [0.4, 0.5) is 17.1 Å². The van der Waals surface area contributed by atoms with Gasteiger partial charge in [-0.25, -0.2) is 4.79 Å². The lowest BCUT2D eigenvalue weighted by Crippen LogP contribution is -2.30. The summed E-state index contributed by atoms with van der Waals surface area (Å²) >= 11 is 0. The Morgan fingerprint density at radius 2 is 1.84 bits per heavy atom. The van der Waals surface area contributed by atoms with Crippen LogP contribution in [0, 0.1) is 10.1 Å². The van der Waals surface area contributed by atoms with Crippen molar-refractivity contribution < 1.29 is 19.2 Å². The third-order valence-corrected chi connectivity index (χ3v) is 3.39. The van der Waals surface area contributed by atoms with Crippen molar-refractivity contribution in [2.24, 2.45) is 0 Å². The number of nitro groups is 1. The molecule has 0 bridgehead atoms. The second-order valence-corrected chi connectivity index (χ2v) is 5.14. The summed E-state index contributed by atoms with van der Waals surface area (Å²) in [6.07, 6.45) is -1.06. The number of hydrogen-bond donors (Lipinski definition) is 2. The first-order valence-electron chi connectivity index (χ1n) is 7.45. The lowest BCUT2D eigenvalue weighted by molar-refractivity contribution is -0.384. The van der Waals surface area contributed by atoms with Crippen LogP contribution in [0.5, 0.6) is 0 Å². The van der Waals surface area contributed by atoms with E-state index in [1.165, 1.54) is 26.1 Å². The molecule has 2 N–H and O–H groups in total. The second-order valence-electron chi connectivity index (χ2n) is 5.14. The highest BCUT2D eigenvalue weighted by Gasteiger charge is 2.22. The number of nitrogens with zero attached hydrogens (tertiary/aromatic N) is 1. The molecule has 130 valence electrons. The lowest BCUT2D eigenvalue weighted by atomic mass is 10.1. The van der Waals surface area contributed by atoms with Crippen LogP contribution in [-0.4, -0.2) is 30.0 Å². The van der Waals surface area contributed by atoms with Crippen molar-refractivity contribution in [3.8, 4) is 0 Å². The summed E-state index contributed by atoms with van der Waals surface area (Å²) in [6.45, 7) is 1.42. The molecule has 0 spiro atoms. The fourth-order valence-corrected chi connectivity index (χ4v) is 2.07. The Morgan fingerprint density at radius 3 is 2.44 bits per heavy atom. The largest absolute Gasteiger partial charge is 0.449 e. The minimum absolute atomic E-state index is 0.00920. The number of hydrogen-bond acceptors (Lipinski definition) is 6. The number of carbonyl (C=O) groups is 2. The Kier molecular flexibility index (Phi) is 5.67. The van der Waals surface area contributed by atoms with Crippen LogP contribution in [-0.2, 0) is 9.53 Å². The summed E-state index contributed by atoms with van der Waals surface area (Å²) in [5, 5.41) is 16.3. The number of nitro benzene ring substituents is 1. The van der Waals surface area contributed by atoms with Crippen molar-refractivity contribution in [2.75, 3.05) is 17.7 Å². The van der Waals surface area contributed by atoms with Crippen LogP contribution in [0.15, 0.2) is 48.5 Å². The molecule has 8 heteroatoms. The summed E-state index contributed by atoms with van der Waals surface area (Å²) < 4.78 is 5.08. The predicted molar refractivity (Wildman–Crippen MR) is 92.6 cm³/mol. The zero-order valence-corrected chi connectivity index (χ0v) is 13.7. The number of rotatable bonds is 6. The molecule has 2 aromatic carbocycles. The van der Waals surface area contributed by atoms with E-state index in [0.29, 0.717) is 5.69 Å². The molecule has 0 fully saturated rings. The van der Waals surface area contributed by atoms with E-state index >= 15 is 0 Å². The number of amides is 1. The highest BCUT2D eigenvalue weighted by atomic mass is 16.6. The van der Waals surface area contributed by atoms with Gasteiger partial charge in [0, 0.05) is 18.8 Å². The quantitative estimate of drug-likeness (QED) is 0.474. The molecule has 0 radical (unpaired) electrons. The Balaban J connectivity index is 2.07. The van der Waals surface area contributed by atoms with Crippen molar-refractivity contribution in [2.45, 2.75) is 13.0 Å². The zero-order valence-electron chi connectivity index (χ0n) is 13.7. The van der Waals surface area contributed by atoms with Crippen LogP contribution in [0.3, 0.4) is 0 Å². The first kappa shape index (κ1) is 17.9. The Labute approximate surface area is 144 Å². The first-order chi connectivity index (χ1) is 11.9. The minimum atomic E-state index is -1.06. The number of anilines is 2. The standard InChI is InChI=1S/C17H17N3O5/c1-11(16(21)19-13-6-4-3-5-7-13)25-17(22)12-8-9-14(18-2)15(10-12)20(23)24/h3-11,18H,1-2H3,(H,19,21)/t11-/m0/s1. The summed E-state index contributed by atoms with van der Waals surface area (Å²) in [5.41, 5.74) is 0.587. The van der Waals surface area contributed by atoms with Crippen molar-refractivity contribution in [3.05, 3.63) is 64.2 Å². The third kappa shape index (κ3) is 4.54. The van der Waals surface area contributed by atoms with Gasteiger partial charge in [0.2, 0.25) is 0 Å². The highest BCUT2D eigenvalue weighted by molar-refractivity contribution is 5.97. The van der Waals surface area contributed by atoms with Gasteiger partial charge < -0.3 is 15.4 Å². The fourth-order valence-electron chi connectivity index (χ4n) is 2.07. The molecule has 0 aliphatic heterocycles. The maximum atomic E-state index is 12.1. The second kappa shape index (κ2) is 7.91. The molecule has 0 saturated carbocycles. The molecular weight excluding hydrogens is 326 g/mol. The van der Waals surface area contributed by atoms with Crippen molar-refractivity contribution >= 4 is 28.9 Å². The first-order valence-corrected chi connectivity index (χ1v) is 7.45. The van der Waals surface area contributed by atoms with E-state index in [4.69, 9.17) is 4.74 Å². The molecule has 2 rings (SSSR count). The average molecular weight is 343 g/mol. The zero-order chi connectivity index (χ0) is 18.4. The monoisotopic (exact) mass is 343 g/mol. The third-order valence-electron chi connectivity index (χ3n) is 3.39. The Morgan fingerprint density at radius 1 is 1.16 bits per heavy atom. The maximum Gasteiger partial charge on any atom is 0.339 e. The van der Waals surface area contributed by atoms with E-state index < -0.39 is 22.9 Å². The van der Waals surface area contributed by atoms with Crippen LogP contribution in [0.1, 0.15) is 17.3 Å². The van der Waals surface area contributed by atoms with Crippen molar-refractivity contribution in [3.63, 3.8) is 0 Å². The number of carbonyl (C=O) groups excluding carboxylic acids is 2. The molecule has 1 amide bonds. The molecule has 0 aliphatic carbocycles. The Hall–Kier alpha value is -3.42. The van der Waals surface area contributed by atoms with Crippen LogP contribution in [0.2, 0.25) is 0 Å². The van der Waals surface area contributed by atoms with E-state index in [1.54, 1.807) is 30.3 Å². The van der Waals surface area contributed by atoms with Gasteiger partial charge >= 0.3 is 5.97 Å². The normalized spacial score (nSPS) is 11.3. The summed E-state index contributed by atoms with van der Waals surface area (Å²) in [4.78, 5) is 34.6. The van der Waals surface area contributed by atoms with Crippen molar-refractivity contribution in [1.82, 2.24) is 0 Å². The predicted octanol–water partition coefficient (Wildman–Crippen LogP) is 2.82. The average Bonchev–Trinajstić information content (AvgIpc) is 2.61. The van der Waals surface area contributed by atoms with Gasteiger partial charge in [0.15, 0.2) is 6.10 Å². The topological polar surface area (TPSA) is 111 Å². The number of ether oxygens (including phenoxy) is 1. The van der Waals surface area contributed by atoms with Gasteiger partial charge in [-0.15, -0.1) is 0 Å². The molecule has 8 nitrogen and oxygen atoms in total. The minimum Gasteiger partial charge on any atom is -0.449 e. The van der Waals surface area contributed by atoms with E-state index in [0.717, 1.165) is 6.07 Å². The summed E-state index contributed by atoms with van der Waals surface area (Å²) in [5.74, 6) is -1.32. The SMILES string of the molecule is CNc1ccc(C(=O)O[C@@H](C)C(=O)Nc2ccccc2)cc1[N+](=O)[O-]. The molecule has 0 aromatic heterocycles. The molecule has 0 saturated heterocycles. The van der Waals surface area contributed by atoms with Crippen molar-refractivity contribution in [1.29, 1.82) is 0 Å². The number of nitrogens with one attached hydrogen (secondary N) is 2. The Bertz CT molecular complexity index is 792. The molecule has 0 unspecified atom stereocenters. The molecule has 0 heterocycles.